The van der Waals surface area contributed by atoms with Gasteiger partial charge in [-0.3, -0.25) is 4.79 Å². The van der Waals surface area contributed by atoms with Gasteiger partial charge in [0.15, 0.2) is 0 Å². The second kappa shape index (κ2) is 5.43. The third kappa shape index (κ3) is 2.44. The van der Waals surface area contributed by atoms with Crippen molar-refractivity contribution < 1.29 is 13.6 Å². The fraction of sp³-hybridized carbons (Fsp3) is 0.462. The topological polar surface area (TPSA) is 32.3 Å². The monoisotopic (exact) mass is 288 g/mol. The molecule has 0 aliphatic carbocycles. The first-order valence-corrected chi connectivity index (χ1v) is 6.17. The van der Waals surface area contributed by atoms with E-state index in [9.17, 15) is 13.6 Å². The summed E-state index contributed by atoms with van der Waals surface area (Å²) in [6, 6.07) is 2.13. The summed E-state index contributed by atoms with van der Waals surface area (Å²) in [5.41, 5.74) is 0.861. The average molecular weight is 289 g/mol. The Balaban J connectivity index is 0.00000133. The number of amides is 1. The molecule has 0 radical (unpaired) electrons. The number of nitrogens with one attached hydrogen (secondary N) is 1. The predicted molar refractivity (Wildman–Crippen MR) is 70.6 cm³/mol. The summed E-state index contributed by atoms with van der Waals surface area (Å²) in [4.78, 5) is 13.8. The van der Waals surface area contributed by atoms with Crippen LogP contribution in [0.5, 0.6) is 0 Å². The number of carbonyl (C=O) groups excluding carboxylic acids is 1. The van der Waals surface area contributed by atoms with Gasteiger partial charge in [0.2, 0.25) is 5.91 Å². The Hall–Kier alpha value is -1.20. The highest BCUT2D eigenvalue weighted by Crippen LogP contribution is 2.32. The molecule has 3 rings (SSSR count). The fourth-order valence-electron chi connectivity index (χ4n) is 2.74. The largest absolute Gasteiger partial charge is 0.316 e. The van der Waals surface area contributed by atoms with Crippen molar-refractivity contribution >= 4 is 24.0 Å². The molecular formula is C13H15ClF2N2O. The lowest BCUT2D eigenvalue weighted by Crippen LogP contribution is -2.35. The molecule has 2 heterocycles. The summed E-state index contributed by atoms with van der Waals surface area (Å²) in [5, 5.41) is 3.13. The van der Waals surface area contributed by atoms with Crippen LogP contribution in [0.1, 0.15) is 12.0 Å². The van der Waals surface area contributed by atoms with E-state index in [1.807, 2.05) is 0 Å². The summed E-state index contributed by atoms with van der Waals surface area (Å²) in [7, 11) is 0. The van der Waals surface area contributed by atoms with Gasteiger partial charge in [-0.15, -0.1) is 12.4 Å². The van der Waals surface area contributed by atoms with Gasteiger partial charge in [-0.25, -0.2) is 8.78 Å². The first kappa shape index (κ1) is 14.2. The van der Waals surface area contributed by atoms with E-state index in [1.165, 1.54) is 11.0 Å². The van der Waals surface area contributed by atoms with Gasteiger partial charge in [0.1, 0.15) is 11.6 Å². The Morgan fingerprint density at radius 1 is 1.37 bits per heavy atom. The minimum Gasteiger partial charge on any atom is -0.316 e. The van der Waals surface area contributed by atoms with E-state index in [1.54, 1.807) is 0 Å². The van der Waals surface area contributed by atoms with Crippen molar-refractivity contribution in [2.75, 3.05) is 24.5 Å². The standard InChI is InChI=1S/C13H14F2N2O.ClH/c14-9-5-11(15)10-2-4-17(12(10)6-9)13(18)8-1-3-16-7-8;/h5-6,8,16H,1-4,7H2;1H. The number of halogens is 3. The predicted octanol–water partition coefficient (Wildman–Crippen LogP) is 1.89. The summed E-state index contributed by atoms with van der Waals surface area (Å²) >= 11 is 0. The van der Waals surface area contributed by atoms with Crippen molar-refractivity contribution in [2.24, 2.45) is 5.92 Å². The molecule has 3 nitrogen and oxygen atoms in total. The molecule has 2 aliphatic rings. The van der Waals surface area contributed by atoms with Crippen LogP contribution in [-0.4, -0.2) is 25.5 Å². The zero-order valence-electron chi connectivity index (χ0n) is 10.3. The molecule has 0 spiro atoms. The zero-order chi connectivity index (χ0) is 12.7. The SMILES string of the molecule is Cl.O=C(C1CCNC1)N1CCc2c(F)cc(F)cc21. The number of fused-ring (bicyclic) bond motifs is 1. The van der Waals surface area contributed by atoms with Gasteiger partial charge in [0, 0.05) is 24.7 Å². The van der Waals surface area contributed by atoms with E-state index >= 15 is 0 Å². The van der Waals surface area contributed by atoms with Gasteiger partial charge in [-0.1, -0.05) is 0 Å². The zero-order valence-corrected chi connectivity index (χ0v) is 11.1. The fourth-order valence-corrected chi connectivity index (χ4v) is 2.74. The minimum absolute atomic E-state index is 0. The van der Waals surface area contributed by atoms with E-state index in [0.717, 1.165) is 19.0 Å². The summed E-state index contributed by atoms with van der Waals surface area (Å²) in [6.45, 7) is 1.93. The maximum absolute atomic E-state index is 13.6. The molecule has 19 heavy (non-hydrogen) atoms. The van der Waals surface area contributed by atoms with Crippen LogP contribution in [0.3, 0.4) is 0 Å². The third-order valence-electron chi connectivity index (χ3n) is 3.69. The van der Waals surface area contributed by atoms with Crippen molar-refractivity contribution in [3.05, 3.63) is 29.3 Å². The highest BCUT2D eigenvalue weighted by atomic mass is 35.5. The Kier molecular flexibility index (Phi) is 4.06. The van der Waals surface area contributed by atoms with Crippen molar-refractivity contribution in [1.29, 1.82) is 0 Å². The molecule has 0 bridgehead atoms. The smallest absolute Gasteiger partial charge is 0.231 e. The minimum atomic E-state index is -0.629. The number of benzene rings is 1. The first-order chi connectivity index (χ1) is 8.66. The van der Waals surface area contributed by atoms with Gasteiger partial charge in [0.25, 0.3) is 0 Å². The first-order valence-electron chi connectivity index (χ1n) is 6.17. The molecule has 1 saturated heterocycles. The van der Waals surface area contributed by atoms with E-state index in [-0.39, 0.29) is 24.2 Å². The maximum Gasteiger partial charge on any atom is 0.231 e. The molecule has 1 unspecified atom stereocenters. The van der Waals surface area contributed by atoms with Gasteiger partial charge in [0.05, 0.1) is 11.6 Å². The molecule has 0 saturated carbocycles. The molecule has 1 fully saturated rings. The van der Waals surface area contributed by atoms with Gasteiger partial charge in [-0.2, -0.15) is 0 Å². The number of carbonyl (C=O) groups is 1. The summed E-state index contributed by atoms with van der Waals surface area (Å²) in [5.74, 6) is -1.27. The molecule has 1 aromatic carbocycles. The third-order valence-corrected chi connectivity index (χ3v) is 3.69. The van der Waals surface area contributed by atoms with Gasteiger partial charge < -0.3 is 10.2 Å². The van der Waals surface area contributed by atoms with Crippen LogP contribution < -0.4 is 10.2 Å². The van der Waals surface area contributed by atoms with Crippen LogP contribution in [0, 0.1) is 17.6 Å². The van der Waals surface area contributed by atoms with E-state index in [2.05, 4.69) is 5.32 Å². The molecular weight excluding hydrogens is 274 g/mol. The van der Waals surface area contributed by atoms with Gasteiger partial charge in [-0.05, 0) is 25.5 Å². The Morgan fingerprint density at radius 2 is 2.16 bits per heavy atom. The van der Waals surface area contributed by atoms with Crippen LogP contribution in [0.25, 0.3) is 0 Å². The van der Waals surface area contributed by atoms with Crippen LogP contribution in [0.2, 0.25) is 0 Å². The van der Waals surface area contributed by atoms with Crippen LogP contribution in [0.15, 0.2) is 12.1 Å². The van der Waals surface area contributed by atoms with Crippen molar-refractivity contribution in [2.45, 2.75) is 12.8 Å². The van der Waals surface area contributed by atoms with E-state index < -0.39 is 11.6 Å². The van der Waals surface area contributed by atoms with Crippen molar-refractivity contribution in [3.8, 4) is 0 Å². The van der Waals surface area contributed by atoms with Crippen molar-refractivity contribution in [1.82, 2.24) is 5.32 Å². The quantitative estimate of drug-likeness (QED) is 0.856. The van der Waals surface area contributed by atoms with Crippen molar-refractivity contribution in [3.63, 3.8) is 0 Å². The lowest BCUT2D eigenvalue weighted by molar-refractivity contribution is -0.121. The summed E-state index contributed by atoms with van der Waals surface area (Å²) < 4.78 is 26.8. The van der Waals surface area contributed by atoms with Crippen LogP contribution in [-0.2, 0) is 11.2 Å². The lowest BCUT2D eigenvalue weighted by Gasteiger charge is -2.20. The summed E-state index contributed by atoms with van der Waals surface area (Å²) in [6.07, 6.45) is 1.26. The number of hydrogen-bond donors (Lipinski definition) is 1. The molecule has 1 amide bonds. The second-order valence-electron chi connectivity index (χ2n) is 4.81. The molecule has 1 N–H and O–H groups in total. The Labute approximate surface area is 116 Å². The average Bonchev–Trinajstić information content (AvgIpc) is 2.96. The molecule has 0 aromatic heterocycles. The molecule has 6 heteroatoms. The number of nitrogens with zero attached hydrogens (tertiary/aromatic N) is 1. The Bertz CT molecular complexity index is 504. The van der Waals surface area contributed by atoms with Crippen LogP contribution in [0.4, 0.5) is 14.5 Å². The second-order valence-corrected chi connectivity index (χ2v) is 4.81. The number of hydrogen-bond acceptors (Lipinski definition) is 2. The maximum atomic E-state index is 13.6. The number of rotatable bonds is 1. The van der Waals surface area contributed by atoms with Gasteiger partial charge >= 0.3 is 0 Å². The number of anilines is 1. The van der Waals surface area contributed by atoms with E-state index in [0.29, 0.717) is 30.8 Å². The molecule has 2 aliphatic heterocycles. The van der Waals surface area contributed by atoms with E-state index in [4.69, 9.17) is 0 Å². The highest BCUT2D eigenvalue weighted by Gasteiger charge is 2.33. The molecule has 104 valence electrons. The molecule has 1 atom stereocenters. The van der Waals surface area contributed by atoms with Crippen LogP contribution >= 0.6 is 12.4 Å². The highest BCUT2D eigenvalue weighted by molar-refractivity contribution is 5.97. The normalized spacial score (nSPS) is 21.2. The Morgan fingerprint density at radius 3 is 2.84 bits per heavy atom. The molecule has 1 aromatic rings. The lowest BCUT2D eigenvalue weighted by atomic mass is 10.1.